The third-order valence-corrected chi connectivity index (χ3v) is 8.33. The van der Waals surface area contributed by atoms with E-state index in [9.17, 15) is 19.2 Å². The number of carbonyl (C=O) groups excluding carboxylic acids is 1. The first-order valence-corrected chi connectivity index (χ1v) is 14.3. The predicted molar refractivity (Wildman–Crippen MR) is 158 cm³/mol. The maximum atomic E-state index is 13.4. The number of nitriles is 1. The van der Waals surface area contributed by atoms with Gasteiger partial charge in [0.15, 0.2) is 0 Å². The van der Waals surface area contributed by atoms with Crippen LogP contribution in [0.1, 0.15) is 37.0 Å². The molecule has 0 saturated carbocycles. The molecule has 3 heterocycles. The van der Waals surface area contributed by atoms with Crippen LogP contribution in [-0.2, 0) is 16.1 Å². The van der Waals surface area contributed by atoms with Gasteiger partial charge in [0.2, 0.25) is 0 Å². The molecule has 2 aromatic rings. The van der Waals surface area contributed by atoms with Gasteiger partial charge < -0.3 is 14.5 Å². The Balaban J connectivity index is 1.68. The lowest BCUT2D eigenvalue weighted by Crippen LogP contribution is -2.48. The average molecular weight is 570 g/mol. The lowest BCUT2D eigenvalue weighted by Gasteiger charge is -2.39. The van der Waals surface area contributed by atoms with Crippen LogP contribution in [0.5, 0.6) is 0 Å². The zero-order valence-electron chi connectivity index (χ0n) is 22.4. The van der Waals surface area contributed by atoms with E-state index in [4.69, 9.17) is 17.0 Å². The number of hydrogen-bond acceptors (Lipinski definition) is 8. The maximum Gasteiger partial charge on any atom is 0.270 e. The Bertz CT molecular complexity index is 1380. The third kappa shape index (κ3) is 6.03. The van der Waals surface area contributed by atoms with E-state index in [1.165, 1.54) is 23.9 Å². The molecular weight excluding hydrogens is 537 g/mol. The standard InChI is InChI=1S/C28H32FN5O3S2/c1-4-33-25(32-14-12-31(13-15-32)21-9-7-20(29)8-10-21)22(19(3)23(18-30)26(33)35)17-24-27(36)34(28(38)39-24)11-6-16-37-5-2/h7-10,17H,4-6,11-16H2,1-3H3. The molecule has 0 radical (unpaired) electrons. The molecule has 1 aromatic heterocycles. The van der Waals surface area contributed by atoms with Crippen LogP contribution >= 0.6 is 24.0 Å². The van der Waals surface area contributed by atoms with Crippen molar-refractivity contribution in [3.05, 3.63) is 62.0 Å². The van der Waals surface area contributed by atoms with Gasteiger partial charge >= 0.3 is 0 Å². The molecule has 1 amide bonds. The van der Waals surface area contributed by atoms with Crippen molar-refractivity contribution < 1.29 is 13.9 Å². The second-order valence-electron chi connectivity index (χ2n) is 9.23. The van der Waals surface area contributed by atoms with Gasteiger partial charge in [-0.05, 0) is 63.1 Å². The first-order valence-electron chi connectivity index (χ1n) is 13.1. The van der Waals surface area contributed by atoms with E-state index >= 15 is 0 Å². The monoisotopic (exact) mass is 569 g/mol. The minimum Gasteiger partial charge on any atom is -0.382 e. The zero-order chi connectivity index (χ0) is 28.1. The molecule has 2 saturated heterocycles. The first kappa shape index (κ1) is 28.8. The number of ether oxygens (including phenoxy) is 1. The Kier molecular flexibility index (Phi) is 9.43. The van der Waals surface area contributed by atoms with Crippen molar-refractivity contribution in [2.24, 2.45) is 0 Å². The highest BCUT2D eigenvalue weighted by Crippen LogP contribution is 2.36. The van der Waals surface area contributed by atoms with Crippen molar-refractivity contribution >= 4 is 51.8 Å². The number of nitrogens with zero attached hydrogens (tertiary/aromatic N) is 5. The molecule has 4 rings (SSSR count). The van der Waals surface area contributed by atoms with Crippen LogP contribution in [0.3, 0.4) is 0 Å². The fraction of sp³-hybridized carbons (Fsp3) is 0.429. The van der Waals surface area contributed by atoms with Crippen molar-refractivity contribution in [3.8, 4) is 6.07 Å². The number of rotatable bonds is 9. The topological polar surface area (TPSA) is 81.8 Å². The SMILES string of the molecule is CCOCCCN1C(=O)C(=Cc2c(C)c(C#N)c(=O)n(CC)c2N2CCN(c3ccc(F)cc3)CC2)SC1=S. The molecule has 0 atom stereocenters. The number of benzene rings is 1. The second-order valence-corrected chi connectivity index (χ2v) is 10.9. The van der Waals surface area contributed by atoms with Gasteiger partial charge in [-0.2, -0.15) is 5.26 Å². The number of thiocarbonyl (C=S) groups is 1. The van der Waals surface area contributed by atoms with Crippen molar-refractivity contribution in [3.63, 3.8) is 0 Å². The molecule has 0 unspecified atom stereocenters. The number of hydrogen-bond donors (Lipinski definition) is 0. The lowest BCUT2D eigenvalue weighted by atomic mass is 10.0. The number of carbonyl (C=O) groups is 1. The van der Waals surface area contributed by atoms with Crippen molar-refractivity contribution in [1.29, 1.82) is 5.26 Å². The number of pyridine rings is 1. The summed E-state index contributed by atoms with van der Waals surface area (Å²) in [6.45, 7) is 10.1. The Morgan fingerprint density at radius 1 is 1.13 bits per heavy atom. The van der Waals surface area contributed by atoms with E-state index < -0.39 is 0 Å². The van der Waals surface area contributed by atoms with Gasteiger partial charge in [-0.1, -0.05) is 24.0 Å². The number of halogens is 1. The van der Waals surface area contributed by atoms with Gasteiger partial charge in [0, 0.05) is 63.7 Å². The molecule has 39 heavy (non-hydrogen) atoms. The van der Waals surface area contributed by atoms with Gasteiger partial charge in [0.25, 0.3) is 11.5 Å². The van der Waals surface area contributed by atoms with Crippen molar-refractivity contribution in [2.45, 2.75) is 33.7 Å². The van der Waals surface area contributed by atoms with Gasteiger partial charge in [-0.25, -0.2) is 4.39 Å². The summed E-state index contributed by atoms with van der Waals surface area (Å²) in [6.07, 6.45) is 2.46. The highest BCUT2D eigenvalue weighted by molar-refractivity contribution is 8.26. The molecule has 206 valence electrons. The zero-order valence-corrected chi connectivity index (χ0v) is 24.0. The summed E-state index contributed by atoms with van der Waals surface area (Å²) in [6, 6.07) is 8.50. The molecule has 0 spiro atoms. The number of aromatic nitrogens is 1. The highest BCUT2D eigenvalue weighted by atomic mass is 32.2. The Morgan fingerprint density at radius 3 is 2.41 bits per heavy atom. The van der Waals surface area contributed by atoms with Gasteiger partial charge in [-0.3, -0.25) is 19.1 Å². The molecule has 1 aromatic carbocycles. The minimum atomic E-state index is -0.339. The van der Waals surface area contributed by atoms with Crippen LogP contribution in [-0.4, -0.2) is 65.6 Å². The van der Waals surface area contributed by atoms with Crippen LogP contribution < -0.4 is 15.4 Å². The smallest absolute Gasteiger partial charge is 0.270 e. The van der Waals surface area contributed by atoms with Crippen LogP contribution in [0.2, 0.25) is 0 Å². The molecule has 2 aliphatic rings. The molecule has 0 N–H and O–H groups in total. The van der Waals surface area contributed by atoms with Gasteiger partial charge in [0.1, 0.15) is 27.6 Å². The summed E-state index contributed by atoms with van der Waals surface area (Å²) >= 11 is 6.74. The van der Waals surface area contributed by atoms with Crippen molar-refractivity contribution in [2.75, 3.05) is 55.7 Å². The molecule has 0 bridgehead atoms. The van der Waals surface area contributed by atoms with E-state index in [0.29, 0.717) is 85.1 Å². The highest BCUT2D eigenvalue weighted by Gasteiger charge is 2.33. The summed E-state index contributed by atoms with van der Waals surface area (Å²) < 4.78 is 20.9. The molecule has 0 aliphatic carbocycles. The van der Waals surface area contributed by atoms with E-state index in [0.717, 1.165) is 5.69 Å². The van der Waals surface area contributed by atoms with E-state index in [1.807, 2.05) is 13.8 Å². The fourth-order valence-electron chi connectivity index (χ4n) is 4.90. The van der Waals surface area contributed by atoms with E-state index in [-0.39, 0.29) is 22.8 Å². The number of amides is 1. The Morgan fingerprint density at radius 2 is 1.79 bits per heavy atom. The number of piperazine rings is 1. The predicted octanol–water partition coefficient (Wildman–Crippen LogP) is 4.14. The summed E-state index contributed by atoms with van der Waals surface area (Å²) in [5, 5.41) is 9.82. The van der Waals surface area contributed by atoms with Crippen LogP contribution in [0, 0.1) is 24.1 Å². The number of anilines is 2. The summed E-state index contributed by atoms with van der Waals surface area (Å²) in [7, 11) is 0. The van der Waals surface area contributed by atoms with Gasteiger partial charge in [0.05, 0.1) is 4.91 Å². The first-order chi connectivity index (χ1) is 18.8. The summed E-state index contributed by atoms with van der Waals surface area (Å²) in [5.74, 6) is 0.238. The van der Waals surface area contributed by atoms with Crippen molar-refractivity contribution in [1.82, 2.24) is 9.47 Å². The molecule has 2 fully saturated rings. The maximum absolute atomic E-state index is 13.4. The Labute approximate surface area is 237 Å². The van der Waals surface area contributed by atoms with E-state index in [1.54, 1.807) is 34.6 Å². The lowest BCUT2D eigenvalue weighted by molar-refractivity contribution is -0.122. The second kappa shape index (κ2) is 12.8. The summed E-state index contributed by atoms with van der Waals surface area (Å²) in [4.78, 5) is 33.0. The minimum absolute atomic E-state index is 0.0731. The Hall–Kier alpha value is -3.20. The average Bonchev–Trinajstić information content (AvgIpc) is 3.20. The molecular formula is C28H32FN5O3S2. The quantitative estimate of drug-likeness (QED) is 0.253. The number of thioether (sulfide) groups is 1. The fourth-order valence-corrected chi connectivity index (χ4v) is 6.19. The van der Waals surface area contributed by atoms with Crippen LogP contribution in [0.25, 0.3) is 6.08 Å². The third-order valence-electron chi connectivity index (χ3n) is 6.96. The largest absolute Gasteiger partial charge is 0.382 e. The normalized spacial score (nSPS) is 16.9. The molecule has 8 nitrogen and oxygen atoms in total. The molecule has 11 heteroatoms. The van der Waals surface area contributed by atoms with E-state index in [2.05, 4.69) is 15.9 Å². The van der Waals surface area contributed by atoms with Gasteiger partial charge in [-0.15, -0.1) is 0 Å². The van der Waals surface area contributed by atoms with Crippen LogP contribution in [0.4, 0.5) is 15.9 Å². The van der Waals surface area contributed by atoms with Crippen LogP contribution in [0.15, 0.2) is 34.0 Å². The molecule has 2 aliphatic heterocycles. The summed E-state index contributed by atoms with van der Waals surface area (Å²) in [5.41, 5.74) is 1.90.